The lowest BCUT2D eigenvalue weighted by atomic mass is 10.0. The molecule has 25 heavy (non-hydrogen) atoms. The molecule has 0 unspecified atom stereocenters. The zero-order valence-corrected chi connectivity index (χ0v) is 16.2. The number of rotatable bonds is 5. The smallest absolute Gasteiger partial charge is 0.205 e. The molecule has 1 aliphatic heterocycles. The summed E-state index contributed by atoms with van der Waals surface area (Å²) in [6.07, 6.45) is 4.86. The number of aryl methyl sites for hydroxylation is 1. The largest absolute Gasteiger partial charge is 0.388 e. The van der Waals surface area contributed by atoms with E-state index in [1.165, 1.54) is 11.5 Å². The Morgan fingerprint density at radius 2 is 1.96 bits per heavy atom. The lowest BCUT2D eigenvalue weighted by molar-refractivity contribution is 0.0571. The second-order valence-corrected chi connectivity index (χ2v) is 7.65. The molecule has 2 fully saturated rings. The quantitative estimate of drug-likeness (QED) is 0.607. The van der Waals surface area contributed by atoms with Crippen LogP contribution in [0.4, 0.5) is 5.13 Å². The number of aromatic nitrogens is 2. The average molecular weight is 367 g/mol. The third kappa shape index (κ3) is 4.61. The number of hydrogen-bond donors (Lipinski definition) is 2. The minimum absolute atomic E-state index is 0.506. The summed E-state index contributed by atoms with van der Waals surface area (Å²) in [4.78, 5) is 13.9. The molecule has 0 amide bonds. The molecule has 1 aliphatic carbocycles. The van der Waals surface area contributed by atoms with Crippen molar-refractivity contribution in [2.24, 2.45) is 4.99 Å². The zero-order valence-electron chi connectivity index (χ0n) is 15.4. The fraction of sp³-hybridized carbons (Fsp3) is 0.824. The summed E-state index contributed by atoms with van der Waals surface area (Å²) < 4.78 is 4.39. The van der Waals surface area contributed by atoms with Crippen LogP contribution in [0.25, 0.3) is 0 Å². The molecular formula is C17H30N6OS. The van der Waals surface area contributed by atoms with E-state index in [-0.39, 0.29) is 0 Å². The Morgan fingerprint density at radius 1 is 1.24 bits per heavy atom. The number of aliphatic imine (C=N–C) groups is 1. The molecule has 8 heteroatoms. The molecule has 1 aromatic heterocycles. The lowest BCUT2D eigenvalue weighted by Crippen LogP contribution is -2.53. The SMILES string of the molecule is CCNC(=NCC1(O)CCCC1)N1CCN(c2nc(CC)ns2)CC1. The van der Waals surface area contributed by atoms with Crippen molar-refractivity contribution < 1.29 is 5.11 Å². The number of anilines is 1. The third-order valence-electron chi connectivity index (χ3n) is 5.02. The van der Waals surface area contributed by atoms with Crippen LogP contribution in [-0.4, -0.2) is 70.2 Å². The van der Waals surface area contributed by atoms with Crippen LogP contribution in [0.3, 0.4) is 0 Å². The highest BCUT2D eigenvalue weighted by Gasteiger charge is 2.31. The van der Waals surface area contributed by atoms with Gasteiger partial charge in [0.05, 0.1) is 12.1 Å². The van der Waals surface area contributed by atoms with Crippen molar-refractivity contribution in [1.29, 1.82) is 0 Å². The highest BCUT2D eigenvalue weighted by molar-refractivity contribution is 7.09. The van der Waals surface area contributed by atoms with Crippen molar-refractivity contribution >= 4 is 22.6 Å². The summed E-state index contributed by atoms with van der Waals surface area (Å²) in [5.41, 5.74) is -0.592. The van der Waals surface area contributed by atoms with E-state index < -0.39 is 5.60 Å². The van der Waals surface area contributed by atoms with Crippen LogP contribution in [0, 0.1) is 0 Å². The predicted octanol–water partition coefficient (Wildman–Crippen LogP) is 1.49. The van der Waals surface area contributed by atoms with Gasteiger partial charge in [-0.15, -0.1) is 0 Å². The normalized spacial score (nSPS) is 21.0. The summed E-state index contributed by atoms with van der Waals surface area (Å²) in [7, 11) is 0. The number of nitrogens with zero attached hydrogens (tertiary/aromatic N) is 5. The lowest BCUT2D eigenvalue weighted by Gasteiger charge is -2.36. The minimum Gasteiger partial charge on any atom is -0.388 e. The minimum atomic E-state index is -0.592. The Hall–Kier alpha value is -1.41. The standard InChI is InChI=1S/C17H30N6OS/c1-3-14-20-16(25-21-14)23-11-9-22(10-12-23)15(18-4-2)19-13-17(24)7-5-6-8-17/h24H,3-13H2,1-2H3,(H,18,19). The van der Waals surface area contributed by atoms with Crippen LogP contribution in [-0.2, 0) is 6.42 Å². The van der Waals surface area contributed by atoms with Gasteiger partial charge in [0.2, 0.25) is 5.13 Å². The maximum Gasteiger partial charge on any atom is 0.205 e. The van der Waals surface area contributed by atoms with E-state index in [4.69, 9.17) is 4.99 Å². The van der Waals surface area contributed by atoms with E-state index in [1.54, 1.807) is 0 Å². The second kappa shape index (κ2) is 8.31. The van der Waals surface area contributed by atoms with Gasteiger partial charge in [-0.1, -0.05) is 19.8 Å². The second-order valence-electron chi connectivity index (χ2n) is 6.92. The van der Waals surface area contributed by atoms with Crippen molar-refractivity contribution in [3.05, 3.63) is 5.82 Å². The third-order valence-corrected chi connectivity index (χ3v) is 5.83. The maximum absolute atomic E-state index is 10.5. The van der Waals surface area contributed by atoms with Crippen LogP contribution in [0.5, 0.6) is 0 Å². The number of guanidine groups is 1. The summed E-state index contributed by atoms with van der Waals surface area (Å²) >= 11 is 1.49. The van der Waals surface area contributed by atoms with Crippen LogP contribution >= 0.6 is 11.5 Å². The molecule has 1 saturated carbocycles. The number of hydrogen-bond acceptors (Lipinski definition) is 6. The molecule has 0 radical (unpaired) electrons. The van der Waals surface area contributed by atoms with Gasteiger partial charge in [-0.25, -0.2) is 4.98 Å². The van der Waals surface area contributed by atoms with Crippen molar-refractivity contribution in [3.63, 3.8) is 0 Å². The average Bonchev–Trinajstić information content (AvgIpc) is 3.28. The van der Waals surface area contributed by atoms with Crippen LogP contribution in [0.1, 0.15) is 45.4 Å². The Labute approximate surface area is 154 Å². The predicted molar refractivity (Wildman–Crippen MR) is 102 cm³/mol. The van der Waals surface area contributed by atoms with E-state index in [2.05, 4.69) is 38.3 Å². The van der Waals surface area contributed by atoms with Crippen LogP contribution in [0.2, 0.25) is 0 Å². The zero-order chi connectivity index (χ0) is 17.7. The molecule has 0 aromatic carbocycles. The summed E-state index contributed by atoms with van der Waals surface area (Å²) in [6, 6.07) is 0. The molecule has 0 spiro atoms. The molecule has 2 N–H and O–H groups in total. The molecule has 2 heterocycles. The summed E-state index contributed by atoms with van der Waals surface area (Å²) in [5.74, 6) is 1.86. The molecule has 140 valence electrons. The maximum atomic E-state index is 10.5. The fourth-order valence-corrected chi connectivity index (χ4v) is 4.27. The van der Waals surface area contributed by atoms with Crippen molar-refractivity contribution in [2.45, 2.75) is 51.6 Å². The Morgan fingerprint density at radius 3 is 2.56 bits per heavy atom. The van der Waals surface area contributed by atoms with Gasteiger partial charge in [0, 0.05) is 50.7 Å². The van der Waals surface area contributed by atoms with Crippen molar-refractivity contribution in [2.75, 3.05) is 44.2 Å². The highest BCUT2D eigenvalue weighted by Crippen LogP contribution is 2.29. The van der Waals surface area contributed by atoms with E-state index in [0.29, 0.717) is 6.54 Å². The van der Waals surface area contributed by atoms with Gasteiger partial charge in [0.1, 0.15) is 5.82 Å². The molecule has 7 nitrogen and oxygen atoms in total. The van der Waals surface area contributed by atoms with Gasteiger partial charge in [-0.2, -0.15) is 4.37 Å². The molecule has 0 bridgehead atoms. The first-order valence-electron chi connectivity index (χ1n) is 9.47. The van der Waals surface area contributed by atoms with Gasteiger partial charge in [0.15, 0.2) is 5.96 Å². The molecule has 1 saturated heterocycles. The van der Waals surface area contributed by atoms with E-state index in [9.17, 15) is 5.11 Å². The molecular weight excluding hydrogens is 336 g/mol. The first-order chi connectivity index (χ1) is 12.1. The Kier molecular flexibility index (Phi) is 6.11. The van der Waals surface area contributed by atoms with Gasteiger partial charge in [-0.3, -0.25) is 4.99 Å². The molecule has 3 rings (SSSR count). The molecule has 0 atom stereocenters. The number of nitrogens with one attached hydrogen (secondary N) is 1. The number of piperazine rings is 1. The fourth-order valence-electron chi connectivity index (χ4n) is 3.47. The van der Waals surface area contributed by atoms with Crippen molar-refractivity contribution in [1.82, 2.24) is 19.6 Å². The Balaban J connectivity index is 1.58. The highest BCUT2D eigenvalue weighted by atomic mass is 32.1. The van der Waals surface area contributed by atoms with Gasteiger partial charge < -0.3 is 20.2 Å². The van der Waals surface area contributed by atoms with Crippen LogP contribution < -0.4 is 10.2 Å². The monoisotopic (exact) mass is 366 g/mol. The van der Waals surface area contributed by atoms with E-state index in [0.717, 1.165) is 81.7 Å². The van der Waals surface area contributed by atoms with Crippen molar-refractivity contribution in [3.8, 4) is 0 Å². The first kappa shape index (κ1) is 18.4. The first-order valence-corrected chi connectivity index (χ1v) is 10.2. The van der Waals surface area contributed by atoms with Gasteiger partial charge in [-0.05, 0) is 19.8 Å². The topological polar surface area (TPSA) is 76.9 Å². The molecule has 1 aromatic rings. The van der Waals surface area contributed by atoms with Gasteiger partial charge >= 0.3 is 0 Å². The number of aliphatic hydroxyl groups is 1. The van der Waals surface area contributed by atoms with Gasteiger partial charge in [0.25, 0.3) is 0 Å². The van der Waals surface area contributed by atoms with E-state index in [1.807, 2.05) is 0 Å². The summed E-state index contributed by atoms with van der Waals surface area (Å²) in [5, 5.41) is 15.0. The Bertz CT molecular complexity index is 575. The van der Waals surface area contributed by atoms with E-state index >= 15 is 0 Å². The molecule has 2 aliphatic rings. The summed E-state index contributed by atoms with van der Waals surface area (Å²) in [6.45, 7) is 9.18. The van der Waals surface area contributed by atoms with Crippen LogP contribution in [0.15, 0.2) is 4.99 Å².